The lowest BCUT2D eigenvalue weighted by atomic mass is 9.90. The molecule has 7 nitrogen and oxygen atoms in total. The highest BCUT2D eigenvalue weighted by Gasteiger charge is 2.30. The number of aromatic nitrogens is 3. The van der Waals surface area contributed by atoms with E-state index in [2.05, 4.69) is 10.3 Å². The Morgan fingerprint density at radius 1 is 0.927 bits per heavy atom. The fourth-order valence-electron chi connectivity index (χ4n) is 6.21. The van der Waals surface area contributed by atoms with Crippen LogP contribution in [-0.2, 0) is 0 Å². The maximum Gasteiger partial charge on any atom is 0.333 e. The van der Waals surface area contributed by atoms with Gasteiger partial charge in [0.2, 0.25) is 0 Å². The van der Waals surface area contributed by atoms with E-state index in [0.29, 0.717) is 31.2 Å². The van der Waals surface area contributed by atoms with E-state index in [1.165, 1.54) is 10.6 Å². The first kappa shape index (κ1) is 27.4. The van der Waals surface area contributed by atoms with E-state index in [4.69, 9.17) is 0 Å². The summed E-state index contributed by atoms with van der Waals surface area (Å²) < 4.78 is 17.2. The van der Waals surface area contributed by atoms with Crippen molar-refractivity contribution in [2.24, 2.45) is 0 Å². The number of carbonyl (C=O) groups excluding carboxylic acids is 1. The lowest BCUT2D eigenvalue weighted by Crippen LogP contribution is -2.46. The third kappa shape index (κ3) is 5.47. The van der Waals surface area contributed by atoms with Gasteiger partial charge in [0.05, 0.1) is 11.6 Å². The van der Waals surface area contributed by atoms with Crippen LogP contribution in [0.5, 0.6) is 0 Å². The molecule has 0 unspecified atom stereocenters. The van der Waals surface area contributed by atoms with Crippen molar-refractivity contribution >= 4 is 28.7 Å². The molecule has 41 heavy (non-hydrogen) atoms. The van der Waals surface area contributed by atoms with Crippen LogP contribution in [0.4, 0.5) is 4.39 Å². The number of pyridine rings is 1. The maximum absolute atomic E-state index is 14.2. The van der Waals surface area contributed by atoms with Gasteiger partial charge in [0.25, 0.3) is 11.5 Å². The topological polar surface area (TPSA) is 86.0 Å². The first-order chi connectivity index (χ1) is 19.9. The van der Waals surface area contributed by atoms with Crippen molar-refractivity contribution in [2.75, 3.05) is 11.5 Å². The maximum atomic E-state index is 14.2. The van der Waals surface area contributed by atoms with Gasteiger partial charge in [0.15, 0.2) is 0 Å². The van der Waals surface area contributed by atoms with Crippen LogP contribution in [0, 0.1) is 12.7 Å². The van der Waals surface area contributed by atoms with Crippen molar-refractivity contribution in [3.63, 3.8) is 0 Å². The van der Waals surface area contributed by atoms with Crippen LogP contribution < -0.4 is 16.6 Å². The lowest BCUT2D eigenvalue weighted by molar-refractivity contribution is 0.0922. The average Bonchev–Trinajstić information content (AvgIpc) is 2.99. The number of aryl methyl sites for hydroxylation is 1. The van der Waals surface area contributed by atoms with Crippen LogP contribution in [0.25, 0.3) is 22.2 Å². The fourth-order valence-corrected chi connectivity index (χ4v) is 7.29. The smallest absolute Gasteiger partial charge is 0.333 e. The molecule has 1 amide bonds. The second-order valence-electron chi connectivity index (χ2n) is 11.1. The number of thioether (sulfide) groups is 1. The Morgan fingerprint density at radius 3 is 2.34 bits per heavy atom. The molecule has 1 saturated heterocycles. The Kier molecular flexibility index (Phi) is 7.79. The van der Waals surface area contributed by atoms with Crippen molar-refractivity contribution < 1.29 is 9.18 Å². The highest BCUT2D eigenvalue weighted by Crippen LogP contribution is 2.31. The molecule has 0 radical (unpaired) electrons. The molecule has 2 aromatic carbocycles. The summed E-state index contributed by atoms with van der Waals surface area (Å²) >= 11 is 1.85. The lowest BCUT2D eigenvalue weighted by Gasteiger charge is -2.31. The zero-order valence-electron chi connectivity index (χ0n) is 23.0. The van der Waals surface area contributed by atoms with Crippen molar-refractivity contribution in [3.05, 3.63) is 98.6 Å². The Bertz CT molecular complexity index is 1700. The molecule has 3 heterocycles. The highest BCUT2D eigenvalue weighted by molar-refractivity contribution is 7.99. The predicted molar refractivity (Wildman–Crippen MR) is 161 cm³/mol. The van der Waals surface area contributed by atoms with Crippen LogP contribution >= 0.6 is 11.8 Å². The number of hydrogen-bond acceptors (Lipinski definition) is 5. The standard InChI is InChI=1S/C32H33FN4O3S/c1-20-6-8-21(9-7-20)26-4-2-3-5-27(26)30(38)35-23-10-12-24(13-11-23)37-31(39)28-18-22(33)19-34-29(28)36(32(37)40)25-14-16-41-17-15-25/h2-9,18-19,23-25H,10-17H2,1H3,(H,35,38). The summed E-state index contributed by atoms with van der Waals surface area (Å²) in [5, 5.41) is 3.33. The minimum Gasteiger partial charge on any atom is -0.349 e. The average molecular weight is 573 g/mol. The monoisotopic (exact) mass is 572 g/mol. The molecule has 4 aromatic rings. The second-order valence-corrected chi connectivity index (χ2v) is 12.3. The summed E-state index contributed by atoms with van der Waals surface area (Å²) in [4.78, 5) is 44.9. The summed E-state index contributed by atoms with van der Waals surface area (Å²) in [6.07, 6.45) is 5.08. The molecular weight excluding hydrogens is 539 g/mol. The zero-order valence-corrected chi connectivity index (χ0v) is 23.8. The first-order valence-electron chi connectivity index (χ1n) is 14.3. The molecule has 1 aliphatic carbocycles. The van der Waals surface area contributed by atoms with Gasteiger partial charge < -0.3 is 5.32 Å². The van der Waals surface area contributed by atoms with Crippen LogP contribution in [0.2, 0.25) is 0 Å². The molecule has 2 aromatic heterocycles. The van der Waals surface area contributed by atoms with Crippen molar-refractivity contribution in [2.45, 2.75) is 63.6 Å². The van der Waals surface area contributed by atoms with E-state index in [1.807, 2.05) is 67.2 Å². The van der Waals surface area contributed by atoms with Crippen LogP contribution in [-0.4, -0.2) is 37.6 Å². The van der Waals surface area contributed by atoms with Crippen molar-refractivity contribution in [3.8, 4) is 11.1 Å². The number of benzene rings is 2. The van der Waals surface area contributed by atoms with Gasteiger partial charge in [0.1, 0.15) is 11.5 Å². The van der Waals surface area contributed by atoms with E-state index in [-0.39, 0.29) is 40.8 Å². The van der Waals surface area contributed by atoms with Crippen molar-refractivity contribution in [1.29, 1.82) is 0 Å². The van der Waals surface area contributed by atoms with Crippen LogP contribution in [0.1, 0.15) is 66.5 Å². The second kappa shape index (κ2) is 11.6. The molecule has 2 aliphatic rings. The van der Waals surface area contributed by atoms with E-state index in [1.54, 1.807) is 4.57 Å². The normalized spacial score (nSPS) is 19.8. The minimum absolute atomic E-state index is 0.0692. The number of nitrogens with zero attached hydrogens (tertiary/aromatic N) is 3. The largest absolute Gasteiger partial charge is 0.349 e. The zero-order chi connectivity index (χ0) is 28.5. The number of hydrogen-bond donors (Lipinski definition) is 1. The van der Waals surface area contributed by atoms with Gasteiger partial charge >= 0.3 is 5.69 Å². The molecule has 1 saturated carbocycles. The summed E-state index contributed by atoms with van der Waals surface area (Å²) in [6.45, 7) is 2.03. The summed E-state index contributed by atoms with van der Waals surface area (Å²) in [7, 11) is 0. The Hall–Kier alpha value is -3.72. The molecule has 0 atom stereocenters. The Morgan fingerprint density at radius 2 is 1.61 bits per heavy atom. The van der Waals surface area contributed by atoms with E-state index in [9.17, 15) is 18.8 Å². The van der Waals surface area contributed by atoms with Crippen molar-refractivity contribution in [1.82, 2.24) is 19.4 Å². The Balaban J connectivity index is 1.23. The SMILES string of the molecule is Cc1ccc(-c2ccccc2C(=O)NC2CCC(n3c(=O)c4cc(F)cnc4n(C4CCSCC4)c3=O)CC2)cc1. The van der Waals surface area contributed by atoms with Crippen LogP contribution in [0.3, 0.4) is 0 Å². The Labute approximate surface area is 241 Å². The van der Waals surface area contributed by atoms with Gasteiger partial charge in [-0.2, -0.15) is 11.8 Å². The number of carbonyl (C=O) groups is 1. The van der Waals surface area contributed by atoms with Crippen LogP contribution in [0.15, 0.2) is 70.4 Å². The molecule has 1 N–H and O–H groups in total. The van der Waals surface area contributed by atoms with Gasteiger partial charge in [-0.15, -0.1) is 0 Å². The number of fused-ring (bicyclic) bond motifs is 1. The van der Waals surface area contributed by atoms with Gasteiger partial charge in [-0.25, -0.2) is 14.2 Å². The molecule has 1 aliphatic heterocycles. The van der Waals surface area contributed by atoms with Gasteiger partial charge in [-0.3, -0.25) is 18.7 Å². The van der Waals surface area contributed by atoms with E-state index < -0.39 is 11.4 Å². The van der Waals surface area contributed by atoms with Gasteiger partial charge in [0, 0.05) is 23.7 Å². The van der Waals surface area contributed by atoms with E-state index >= 15 is 0 Å². The molecular formula is C32H33FN4O3S. The highest BCUT2D eigenvalue weighted by atomic mass is 32.2. The predicted octanol–water partition coefficient (Wildman–Crippen LogP) is 5.65. The molecule has 0 bridgehead atoms. The molecule has 2 fully saturated rings. The number of rotatable bonds is 5. The summed E-state index contributed by atoms with van der Waals surface area (Å²) in [5.41, 5.74) is 3.05. The van der Waals surface area contributed by atoms with Gasteiger partial charge in [-0.1, -0.05) is 48.0 Å². The number of amides is 1. The van der Waals surface area contributed by atoms with E-state index in [0.717, 1.165) is 47.2 Å². The minimum atomic E-state index is -0.595. The summed E-state index contributed by atoms with van der Waals surface area (Å²) in [5.74, 6) is 1.13. The van der Waals surface area contributed by atoms with Gasteiger partial charge in [-0.05, 0) is 80.2 Å². The quantitative estimate of drug-likeness (QED) is 0.334. The molecule has 6 rings (SSSR count). The molecule has 0 spiro atoms. The summed E-state index contributed by atoms with van der Waals surface area (Å²) in [6, 6.07) is 16.4. The fraction of sp³-hybridized carbons (Fsp3) is 0.375. The number of nitrogens with one attached hydrogen (secondary N) is 1. The third-order valence-electron chi connectivity index (χ3n) is 8.41. The first-order valence-corrected chi connectivity index (χ1v) is 15.4. The molecule has 212 valence electrons. The third-order valence-corrected chi connectivity index (χ3v) is 9.46. The number of halogens is 1. The molecule has 9 heteroatoms.